The fourth-order valence-electron chi connectivity index (χ4n) is 3.81. The van der Waals surface area contributed by atoms with Crippen LogP contribution >= 0.6 is 15.9 Å². The van der Waals surface area contributed by atoms with E-state index in [-0.39, 0.29) is 0 Å². The number of anilines is 1. The Kier molecular flexibility index (Phi) is 3.15. The van der Waals surface area contributed by atoms with Gasteiger partial charge in [0.05, 0.1) is 6.04 Å². The normalized spacial score (nSPS) is 26.1. The molecule has 2 heteroatoms. The van der Waals surface area contributed by atoms with Crippen molar-refractivity contribution in [3.63, 3.8) is 0 Å². The van der Waals surface area contributed by atoms with Gasteiger partial charge in [0.25, 0.3) is 0 Å². The molecule has 3 unspecified atom stereocenters. The zero-order valence-electron chi connectivity index (χ0n) is 12.0. The second-order valence-corrected chi connectivity index (χ2v) is 6.98. The average Bonchev–Trinajstić information content (AvgIpc) is 2.97. The maximum absolute atomic E-state index is 3.79. The molecule has 0 saturated heterocycles. The SMILES string of the molecule is Cc1ccccc1C1Nc2ccc(Br)cc2C2C=CCC21. The second-order valence-electron chi connectivity index (χ2n) is 6.06. The van der Waals surface area contributed by atoms with Crippen molar-refractivity contribution in [2.24, 2.45) is 5.92 Å². The highest BCUT2D eigenvalue weighted by Crippen LogP contribution is 2.50. The number of aryl methyl sites for hydroxylation is 1. The minimum absolute atomic E-state index is 0.403. The molecule has 21 heavy (non-hydrogen) atoms. The summed E-state index contributed by atoms with van der Waals surface area (Å²) in [5.74, 6) is 1.15. The first-order chi connectivity index (χ1) is 10.2. The number of halogens is 1. The molecule has 0 radical (unpaired) electrons. The molecular weight excluding hydrogens is 322 g/mol. The number of benzene rings is 2. The molecule has 1 aliphatic heterocycles. The minimum Gasteiger partial charge on any atom is -0.378 e. The molecule has 1 aliphatic carbocycles. The van der Waals surface area contributed by atoms with Crippen LogP contribution in [0, 0.1) is 12.8 Å². The molecule has 1 nitrogen and oxygen atoms in total. The van der Waals surface area contributed by atoms with Gasteiger partial charge in [0.1, 0.15) is 0 Å². The van der Waals surface area contributed by atoms with E-state index in [4.69, 9.17) is 0 Å². The number of rotatable bonds is 1. The lowest BCUT2D eigenvalue weighted by molar-refractivity contribution is 0.424. The molecular formula is C19H18BrN. The zero-order chi connectivity index (χ0) is 14.4. The summed E-state index contributed by atoms with van der Waals surface area (Å²) in [6.07, 6.45) is 5.89. The van der Waals surface area contributed by atoms with Crippen LogP contribution in [0.1, 0.15) is 35.1 Å². The number of hydrogen-bond acceptors (Lipinski definition) is 1. The molecule has 2 aliphatic rings. The van der Waals surface area contributed by atoms with Crippen LogP contribution in [0.2, 0.25) is 0 Å². The van der Waals surface area contributed by atoms with Crippen LogP contribution in [0.25, 0.3) is 0 Å². The fraction of sp³-hybridized carbons (Fsp3) is 0.263. The van der Waals surface area contributed by atoms with Crippen LogP contribution in [0.4, 0.5) is 5.69 Å². The van der Waals surface area contributed by atoms with E-state index in [1.165, 1.54) is 22.4 Å². The summed E-state index contributed by atoms with van der Waals surface area (Å²) in [4.78, 5) is 0. The van der Waals surface area contributed by atoms with Crippen LogP contribution in [0.5, 0.6) is 0 Å². The average molecular weight is 340 g/mol. The van der Waals surface area contributed by atoms with E-state index < -0.39 is 0 Å². The third-order valence-electron chi connectivity index (χ3n) is 4.85. The summed E-state index contributed by atoms with van der Waals surface area (Å²) in [5.41, 5.74) is 5.51. The summed E-state index contributed by atoms with van der Waals surface area (Å²) in [6.45, 7) is 2.21. The quantitative estimate of drug-likeness (QED) is 0.668. The summed E-state index contributed by atoms with van der Waals surface area (Å²) in [6, 6.07) is 15.8. The molecule has 3 atom stereocenters. The topological polar surface area (TPSA) is 12.0 Å². The smallest absolute Gasteiger partial charge is 0.0556 e. The van der Waals surface area contributed by atoms with E-state index in [9.17, 15) is 0 Å². The Morgan fingerprint density at radius 2 is 1.95 bits per heavy atom. The third kappa shape index (κ3) is 2.13. The first-order valence-electron chi connectivity index (χ1n) is 7.52. The highest BCUT2D eigenvalue weighted by atomic mass is 79.9. The second kappa shape index (κ2) is 5.03. The van der Waals surface area contributed by atoms with Gasteiger partial charge in [-0.05, 0) is 54.2 Å². The van der Waals surface area contributed by atoms with Crippen molar-refractivity contribution in [3.8, 4) is 0 Å². The van der Waals surface area contributed by atoms with Crippen molar-refractivity contribution >= 4 is 21.6 Å². The van der Waals surface area contributed by atoms with Crippen LogP contribution in [-0.2, 0) is 0 Å². The van der Waals surface area contributed by atoms with Gasteiger partial charge < -0.3 is 5.32 Å². The summed E-state index contributed by atoms with van der Waals surface area (Å²) >= 11 is 3.61. The molecule has 0 spiro atoms. The molecule has 0 saturated carbocycles. The summed E-state index contributed by atoms with van der Waals surface area (Å²) in [7, 11) is 0. The van der Waals surface area contributed by atoms with E-state index in [0.29, 0.717) is 17.9 Å². The Bertz CT molecular complexity index is 719. The minimum atomic E-state index is 0.403. The fourth-order valence-corrected chi connectivity index (χ4v) is 4.19. The molecule has 0 bridgehead atoms. The van der Waals surface area contributed by atoms with Crippen LogP contribution in [-0.4, -0.2) is 0 Å². The Morgan fingerprint density at radius 1 is 1.10 bits per heavy atom. The van der Waals surface area contributed by atoms with Crippen molar-refractivity contribution in [2.75, 3.05) is 5.32 Å². The molecule has 2 aromatic carbocycles. The Hall–Kier alpha value is -1.54. The van der Waals surface area contributed by atoms with Crippen LogP contribution in [0.15, 0.2) is 59.1 Å². The monoisotopic (exact) mass is 339 g/mol. The van der Waals surface area contributed by atoms with Gasteiger partial charge in [-0.2, -0.15) is 0 Å². The highest BCUT2D eigenvalue weighted by Gasteiger charge is 2.38. The van der Waals surface area contributed by atoms with Crippen LogP contribution in [0.3, 0.4) is 0 Å². The predicted molar refractivity (Wildman–Crippen MR) is 91.7 cm³/mol. The molecule has 2 aromatic rings. The van der Waals surface area contributed by atoms with Gasteiger partial charge in [-0.1, -0.05) is 52.3 Å². The molecule has 4 rings (SSSR count). The zero-order valence-corrected chi connectivity index (χ0v) is 13.6. The molecule has 0 aromatic heterocycles. The third-order valence-corrected chi connectivity index (χ3v) is 5.34. The number of nitrogens with one attached hydrogen (secondary N) is 1. The van der Waals surface area contributed by atoms with Crippen LogP contribution < -0.4 is 5.32 Å². The van der Waals surface area contributed by atoms with Gasteiger partial charge in [-0.25, -0.2) is 0 Å². The van der Waals surface area contributed by atoms with Gasteiger partial charge in [0.15, 0.2) is 0 Å². The van der Waals surface area contributed by atoms with Gasteiger partial charge in [-0.3, -0.25) is 0 Å². The highest BCUT2D eigenvalue weighted by molar-refractivity contribution is 9.10. The largest absolute Gasteiger partial charge is 0.378 e. The lowest BCUT2D eigenvalue weighted by Gasteiger charge is -2.38. The van der Waals surface area contributed by atoms with Crippen molar-refractivity contribution < 1.29 is 0 Å². The van der Waals surface area contributed by atoms with Crippen molar-refractivity contribution in [2.45, 2.75) is 25.3 Å². The first-order valence-corrected chi connectivity index (χ1v) is 8.31. The van der Waals surface area contributed by atoms with Crippen molar-refractivity contribution in [1.29, 1.82) is 0 Å². The van der Waals surface area contributed by atoms with E-state index in [1.807, 2.05) is 0 Å². The Balaban J connectivity index is 1.82. The molecule has 1 N–H and O–H groups in total. The van der Waals surface area contributed by atoms with Crippen molar-refractivity contribution in [1.82, 2.24) is 0 Å². The summed E-state index contributed by atoms with van der Waals surface area (Å²) < 4.78 is 1.16. The molecule has 0 amide bonds. The molecule has 1 heterocycles. The van der Waals surface area contributed by atoms with E-state index in [1.54, 1.807) is 0 Å². The standard InChI is InChI=1S/C19H18BrN/c1-12-5-2-3-6-14(12)19-16-8-4-7-15(16)17-11-13(20)9-10-18(17)21-19/h2-7,9-11,15-16,19,21H,8H2,1H3. The van der Waals surface area contributed by atoms with Gasteiger partial charge in [0.2, 0.25) is 0 Å². The lowest BCUT2D eigenvalue weighted by Crippen LogP contribution is -2.29. The van der Waals surface area contributed by atoms with Crippen molar-refractivity contribution in [3.05, 3.63) is 75.8 Å². The Morgan fingerprint density at radius 3 is 2.81 bits per heavy atom. The summed E-state index contributed by atoms with van der Waals surface area (Å²) in [5, 5.41) is 3.79. The maximum atomic E-state index is 3.79. The Labute approximate surface area is 134 Å². The predicted octanol–water partition coefficient (Wildman–Crippen LogP) is 5.58. The lowest BCUT2D eigenvalue weighted by atomic mass is 9.76. The van der Waals surface area contributed by atoms with Gasteiger partial charge in [-0.15, -0.1) is 0 Å². The van der Waals surface area contributed by atoms with Gasteiger partial charge >= 0.3 is 0 Å². The first kappa shape index (κ1) is 13.1. The molecule has 0 fully saturated rings. The van der Waals surface area contributed by atoms with E-state index >= 15 is 0 Å². The molecule has 106 valence electrons. The number of allylic oxidation sites excluding steroid dienone is 2. The van der Waals surface area contributed by atoms with Gasteiger partial charge in [0, 0.05) is 16.1 Å². The number of hydrogen-bond donors (Lipinski definition) is 1. The van der Waals surface area contributed by atoms with E-state index in [0.717, 1.165) is 10.9 Å². The maximum Gasteiger partial charge on any atom is 0.0556 e. The van der Waals surface area contributed by atoms with E-state index in [2.05, 4.69) is 82.8 Å². The number of fused-ring (bicyclic) bond motifs is 3.